The molecule has 3 heterocycles. The summed E-state index contributed by atoms with van der Waals surface area (Å²) in [4.78, 5) is 24.4. The maximum atomic E-state index is 10.8. The summed E-state index contributed by atoms with van der Waals surface area (Å²) in [6, 6.07) is 18.9. The molecule has 2 N–H and O–H groups in total. The van der Waals surface area contributed by atoms with Crippen LogP contribution in [0.3, 0.4) is 0 Å². The molecule has 0 aliphatic heterocycles. The molecule has 7 nitrogen and oxygen atoms in total. The Morgan fingerprint density at radius 1 is 1.00 bits per heavy atom. The van der Waals surface area contributed by atoms with Gasteiger partial charge in [-0.05, 0) is 67.8 Å². The van der Waals surface area contributed by atoms with Gasteiger partial charge in [-0.15, -0.1) is 0 Å². The Labute approximate surface area is 192 Å². The maximum Gasteiger partial charge on any atom is 0.303 e. The van der Waals surface area contributed by atoms with Gasteiger partial charge >= 0.3 is 5.97 Å². The molecule has 0 saturated heterocycles. The van der Waals surface area contributed by atoms with Crippen molar-refractivity contribution in [2.75, 3.05) is 5.32 Å². The van der Waals surface area contributed by atoms with Crippen molar-refractivity contribution < 1.29 is 14.6 Å². The Balaban J connectivity index is 1.57. The number of benzene rings is 1. The number of carboxylic acid groups (broad SMARTS) is 1. The minimum atomic E-state index is -0.814. The van der Waals surface area contributed by atoms with Crippen LogP contribution in [0, 0.1) is 13.8 Å². The monoisotopic (exact) mass is 440 g/mol. The molecule has 166 valence electrons. The van der Waals surface area contributed by atoms with Gasteiger partial charge in [0.15, 0.2) is 5.75 Å². The summed E-state index contributed by atoms with van der Waals surface area (Å²) in [5.41, 5.74) is 5.12. The van der Waals surface area contributed by atoms with Crippen molar-refractivity contribution in [3.05, 3.63) is 89.9 Å². The molecule has 0 unspecified atom stereocenters. The minimum absolute atomic E-state index is 0.0909. The van der Waals surface area contributed by atoms with Gasteiger partial charge in [-0.3, -0.25) is 9.78 Å². The lowest BCUT2D eigenvalue weighted by Gasteiger charge is -2.14. The predicted molar refractivity (Wildman–Crippen MR) is 127 cm³/mol. The molecule has 33 heavy (non-hydrogen) atoms. The highest BCUT2D eigenvalue weighted by atomic mass is 16.5. The van der Waals surface area contributed by atoms with Crippen molar-refractivity contribution >= 4 is 17.5 Å². The number of anilines is 2. The lowest BCUT2D eigenvalue weighted by molar-refractivity contribution is -0.136. The normalized spacial score (nSPS) is 10.6. The van der Waals surface area contributed by atoms with E-state index in [1.54, 1.807) is 24.5 Å². The van der Waals surface area contributed by atoms with Crippen molar-refractivity contribution in [1.29, 1.82) is 0 Å². The number of aromatic nitrogens is 3. The molecule has 0 saturated carbocycles. The van der Waals surface area contributed by atoms with E-state index in [1.165, 1.54) is 0 Å². The van der Waals surface area contributed by atoms with Crippen molar-refractivity contribution in [2.24, 2.45) is 0 Å². The van der Waals surface area contributed by atoms with Gasteiger partial charge in [0.1, 0.15) is 17.3 Å². The second-order valence-corrected chi connectivity index (χ2v) is 7.65. The highest BCUT2D eigenvalue weighted by Crippen LogP contribution is 2.33. The number of ether oxygens (including phenoxy) is 1. The summed E-state index contributed by atoms with van der Waals surface area (Å²) >= 11 is 0. The lowest BCUT2D eigenvalue weighted by atomic mass is 10.1. The Bertz CT molecular complexity index is 1280. The molecule has 4 rings (SSSR count). The van der Waals surface area contributed by atoms with Gasteiger partial charge in [0.2, 0.25) is 0 Å². The van der Waals surface area contributed by atoms with Crippen LogP contribution in [0.4, 0.5) is 11.5 Å². The third-order valence-electron chi connectivity index (χ3n) is 5.12. The van der Waals surface area contributed by atoms with Crippen LogP contribution < -0.4 is 10.1 Å². The summed E-state index contributed by atoms with van der Waals surface area (Å²) < 4.78 is 6.22. The molecule has 0 aliphatic carbocycles. The molecule has 0 fully saturated rings. The Morgan fingerprint density at radius 2 is 1.88 bits per heavy atom. The molecule has 0 aliphatic rings. The quantitative estimate of drug-likeness (QED) is 0.362. The number of nitrogens with one attached hydrogen (secondary N) is 1. The standard InChI is InChI=1S/C26H24N4O3/c1-17-14-23(26(29-18(17)2)22-8-3-4-12-27-22)33-21-11-13-28-24(16-21)30-20-7-5-6-19(15-20)9-10-25(31)32/h3-8,11-16H,9-10H2,1-2H3,(H,28,30)(H,31,32). The van der Waals surface area contributed by atoms with Crippen LogP contribution in [0.2, 0.25) is 0 Å². The maximum absolute atomic E-state index is 10.8. The average molecular weight is 441 g/mol. The fraction of sp³-hybridized carbons (Fsp3) is 0.154. The zero-order valence-corrected chi connectivity index (χ0v) is 18.4. The summed E-state index contributed by atoms with van der Waals surface area (Å²) in [6.45, 7) is 3.96. The number of hydrogen-bond donors (Lipinski definition) is 2. The van der Waals surface area contributed by atoms with Crippen LogP contribution in [0.5, 0.6) is 11.5 Å². The Kier molecular flexibility index (Phi) is 6.59. The van der Waals surface area contributed by atoms with E-state index in [0.29, 0.717) is 29.4 Å². The number of carbonyl (C=O) groups is 1. The van der Waals surface area contributed by atoms with Crippen LogP contribution in [-0.4, -0.2) is 26.0 Å². The topological polar surface area (TPSA) is 97.2 Å². The molecule has 1 aromatic carbocycles. The number of aliphatic carboxylic acids is 1. The first-order valence-corrected chi connectivity index (χ1v) is 10.6. The van der Waals surface area contributed by atoms with E-state index >= 15 is 0 Å². The lowest BCUT2D eigenvalue weighted by Crippen LogP contribution is -1.99. The highest BCUT2D eigenvalue weighted by molar-refractivity contribution is 5.67. The van der Waals surface area contributed by atoms with Gasteiger partial charge in [-0.25, -0.2) is 9.97 Å². The van der Waals surface area contributed by atoms with E-state index in [4.69, 9.17) is 14.8 Å². The van der Waals surface area contributed by atoms with E-state index in [-0.39, 0.29) is 6.42 Å². The van der Waals surface area contributed by atoms with Crippen LogP contribution in [0.1, 0.15) is 23.2 Å². The highest BCUT2D eigenvalue weighted by Gasteiger charge is 2.13. The number of nitrogens with zero attached hydrogens (tertiary/aromatic N) is 3. The smallest absolute Gasteiger partial charge is 0.303 e. The molecule has 0 bridgehead atoms. The van der Waals surface area contributed by atoms with Crippen molar-refractivity contribution in [3.63, 3.8) is 0 Å². The largest absolute Gasteiger partial charge is 0.481 e. The van der Waals surface area contributed by atoms with Gasteiger partial charge in [-0.2, -0.15) is 0 Å². The molecule has 0 atom stereocenters. The van der Waals surface area contributed by atoms with Crippen LogP contribution in [-0.2, 0) is 11.2 Å². The van der Waals surface area contributed by atoms with Gasteiger partial charge in [0.05, 0.1) is 5.69 Å². The van der Waals surface area contributed by atoms with Crippen molar-refractivity contribution in [2.45, 2.75) is 26.7 Å². The molecule has 3 aromatic heterocycles. The summed E-state index contributed by atoms with van der Waals surface area (Å²) in [6.07, 6.45) is 3.96. The van der Waals surface area contributed by atoms with Crippen molar-refractivity contribution in [3.8, 4) is 22.9 Å². The number of carboxylic acids is 1. The van der Waals surface area contributed by atoms with Gasteiger partial charge in [-0.1, -0.05) is 18.2 Å². The van der Waals surface area contributed by atoms with Gasteiger partial charge in [0, 0.05) is 36.3 Å². The summed E-state index contributed by atoms with van der Waals surface area (Å²) in [5, 5.41) is 12.2. The van der Waals surface area contributed by atoms with Crippen LogP contribution in [0.15, 0.2) is 73.1 Å². The number of pyridine rings is 3. The summed E-state index contributed by atoms with van der Waals surface area (Å²) in [5.74, 6) is 1.02. The molecular weight excluding hydrogens is 416 g/mol. The second-order valence-electron chi connectivity index (χ2n) is 7.65. The van der Waals surface area contributed by atoms with Crippen LogP contribution >= 0.6 is 0 Å². The predicted octanol–water partition coefficient (Wildman–Crippen LogP) is 5.71. The van der Waals surface area contributed by atoms with Crippen molar-refractivity contribution in [1.82, 2.24) is 15.0 Å². The van der Waals surface area contributed by atoms with Gasteiger partial charge < -0.3 is 15.2 Å². The first-order chi connectivity index (χ1) is 16.0. The molecule has 0 radical (unpaired) electrons. The minimum Gasteiger partial charge on any atom is -0.481 e. The fourth-order valence-corrected chi connectivity index (χ4v) is 3.32. The van der Waals surface area contributed by atoms with Gasteiger partial charge in [0.25, 0.3) is 0 Å². The zero-order chi connectivity index (χ0) is 23.2. The zero-order valence-electron chi connectivity index (χ0n) is 18.4. The molecular formula is C26H24N4O3. The van der Waals surface area contributed by atoms with E-state index in [1.807, 2.05) is 62.4 Å². The number of hydrogen-bond acceptors (Lipinski definition) is 6. The fourth-order valence-electron chi connectivity index (χ4n) is 3.32. The van der Waals surface area contributed by atoms with E-state index in [9.17, 15) is 4.79 Å². The van der Waals surface area contributed by atoms with Crippen LogP contribution in [0.25, 0.3) is 11.4 Å². The summed E-state index contributed by atoms with van der Waals surface area (Å²) in [7, 11) is 0. The molecule has 0 spiro atoms. The SMILES string of the molecule is Cc1cc(Oc2ccnc(Nc3cccc(CCC(=O)O)c3)c2)c(-c2ccccn2)nc1C. The third-order valence-corrected chi connectivity index (χ3v) is 5.12. The molecule has 4 aromatic rings. The average Bonchev–Trinajstić information content (AvgIpc) is 2.81. The number of aryl methyl sites for hydroxylation is 3. The first-order valence-electron chi connectivity index (χ1n) is 10.6. The van der Waals surface area contributed by atoms with E-state index in [2.05, 4.69) is 15.3 Å². The Morgan fingerprint density at radius 3 is 2.67 bits per heavy atom. The Hall–Kier alpha value is -4.26. The van der Waals surface area contributed by atoms with E-state index < -0.39 is 5.97 Å². The molecule has 0 amide bonds. The third kappa shape index (κ3) is 5.71. The van der Waals surface area contributed by atoms with E-state index in [0.717, 1.165) is 28.2 Å². The first kappa shape index (κ1) is 22.0. The molecule has 7 heteroatoms. The number of rotatable bonds is 8. The second kappa shape index (κ2) is 9.91.